The zero-order chi connectivity index (χ0) is 13.2. The lowest BCUT2D eigenvalue weighted by atomic mass is 9.92. The van der Waals surface area contributed by atoms with Crippen LogP contribution in [0.1, 0.15) is 36.0 Å². The summed E-state index contributed by atoms with van der Waals surface area (Å²) in [4.78, 5) is 0. The molecule has 0 aliphatic heterocycles. The molecule has 0 bridgehead atoms. The highest BCUT2D eigenvalue weighted by Crippen LogP contribution is 2.30. The zero-order valence-electron chi connectivity index (χ0n) is 11.9. The maximum Gasteiger partial charge on any atom is 0.212 e. The van der Waals surface area contributed by atoms with Crippen molar-refractivity contribution >= 4 is 0 Å². The molecule has 0 amide bonds. The lowest BCUT2D eigenvalue weighted by Gasteiger charge is -2.13. The molecule has 1 aromatic heterocycles. The highest BCUT2D eigenvalue weighted by atomic mass is 14.9. The van der Waals surface area contributed by atoms with Crippen LogP contribution in [0.5, 0.6) is 0 Å². The lowest BCUT2D eigenvalue weighted by molar-refractivity contribution is -0.660. The van der Waals surface area contributed by atoms with Gasteiger partial charge in [0.25, 0.3) is 0 Å². The van der Waals surface area contributed by atoms with Crippen molar-refractivity contribution in [2.75, 3.05) is 0 Å². The number of hydrogen-bond acceptors (Lipinski definition) is 0. The van der Waals surface area contributed by atoms with Gasteiger partial charge >= 0.3 is 0 Å². The van der Waals surface area contributed by atoms with Crippen molar-refractivity contribution < 1.29 is 4.57 Å². The average Bonchev–Trinajstić information content (AvgIpc) is 2.66. The van der Waals surface area contributed by atoms with Crippen molar-refractivity contribution in [3.63, 3.8) is 0 Å². The van der Waals surface area contributed by atoms with Crippen molar-refractivity contribution in [3.05, 3.63) is 53.2 Å². The largest absolute Gasteiger partial charge is 0.212 e. The standard InChI is InChI=1S/C18H22N/c1-14-16-9-5-3-4-8-15(16)11-12-17(14)18-10-6-7-13-19(18)2/h6-7,10-13H,3-5,8-9H2,1-2H3/q+1. The highest BCUT2D eigenvalue weighted by molar-refractivity contribution is 5.64. The molecule has 1 aliphatic carbocycles. The second kappa shape index (κ2) is 5.16. The number of hydrogen-bond donors (Lipinski definition) is 0. The number of aryl methyl sites for hydroxylation is 2. The van der Waals surface area contributed by atoms with E-state index in [9.17, 15) is 0 Å². The van der Waals surface area contributed by atoms with E-state index in [1.54, 1.807) is 11.1 Å². The van der Waals surface area contributed by atoms with Gasteiger partial charge in [-0.3, -0.25) is 0 Å². The molecule has 0 radical (unpaired) electrons. The summed E-state index contributed by atoms with van der Waals surface area (Å²) >= 11 is 0. The number of nitrogens with zero attached hydrogens (tertiary/aromatic N) is 1. The fourth-order valence-electron chi connectivity index (χ4n) is 3.27. The van der Waals surface area contributed by atoms with Gasteiger partial charge in [-0.05, 0) is 61.4 Å². The van der Waals surface area contributed by atoms with E-state index in [1.165, 1.54) is 48.9 Å². The van der Waals surface area contributed by atoms with Crippen LogP contribution in [0, 0.1) is 6.92 Å². The van der Waals surface area contributed by atoms with Crippen LogP contribution < -0.4 is 4.57 Å². The molecule has 3 rings (SSSR count). The summed E-state index contributed by atoms with van der Waals surface area (Å²) < 4.78 is 2.21. The summed E-state index contributed by atoms with van der Waals surface area (Å²) in [5, 5.41) is 0. The Morgan fingerprint density at radius 1 is 0.947 bits per heavy atom. The van der Waals surface area contributed by atoms with E-state index < -0.39 is 0 Å². The molecule has 1 aliphatic rings. The molecule has 2 aromatic rings. The van der Waals surface area contributed by atoms with Gasteiger partial charge in [0.05, 0.1) is 0 Å². The van der Waals surface area contributed by atoms with Crippen LogP contribution in [0.25, 0.3) is 11.3 Å². The van der Waals surface area contributed by atoms with E-state index in [-0.39, 0.29) is 0 Å². The molecule has 0 fully saturated rings. The van der Waals surface area contributed by atoms with Gasteiger partial charge in [0.15, 0.2) is 6.20 Å². The first-order valence-corrected chi connectivity index (χ1v) is 7.34. The molecule has 0 unspecified atom stereocenters. The molecular weight excluding hydrogens is 230 g/mol. The van der Waals surface area contributed by atoms with E-state index in [4.69, 9.17) is 0 Å². The third-order valence-corrected chi connectivity index (χ3v) is 4.40. The quantitative estimate of drug-likeness (QED) is 0.537. The van der Waals surface area contributed by atoms with Crippen molar-refractivity contribution in [2.45, 2.75) is 39.0 Å². The first kappa shape index (κ1) is 12.4. The van der Waals surface area contributed by atoms with Crippen LogP contribution in [-0.4, -0.2) is 0 Å². The number of pyridine rings is 1. The van der Waals surface area contributed by atoms with Crippen LogP contribution in [0.2, 0.25) is 0 Å². The molecule has 1 heteroatoms. The minimum atomic E-state index is 1.26. The van der Waals surface area contributed by atoms with Gasteiger partial charge in [0, 0.05) is 17.7 Å². The Hall–Kier alpha value is -1.63. The topological polar surface area (TPSA) is 3.88 Å². The Bertz CT molecular complexity index is 599. The van der Waals surface area contributed by atoms with Crippen LogP contribution >= 0.6 is 0 Å². The van der Waals surface area contributed by atoms with Gasteiger partial charge in [-0.15, -0.1) is 0 Å². The van der Waals surface area contributed by atoms with E-state index in [0.29, 0.717) is 0 Å². The number of benzene rings is 1. The Morgan fingerprint density at radius 3 is 2.63 bits per heavy atom. The summed E-state index contributed by atoms with van der Waals surface area (Å²) in [5.74, 6) is 0. The Balaban J connectivity index is 2.14. The second-order valence-corrected chi connectivity index (χ2v) is 5.63. The molecular formula is C18H22N+. The Morgan fingerprint density at radius 2 is 1.79 bits per heavy atom. The molecule has 98 valence electrons. The second-order valence-electron chi connectivity index (χ2n) is 5.63. The van der Waals surface area contributed by atoms with E-state index in [0.717, 1.165) is 0 Å². The molecule has 1 aromatic carbocycles. The minimum absolute atomic E-state index is 1.26. The molecule has 1 nitrogen and oxygen atoms in total. The Kier molecular flexibility index (Phi) is 3.37. The summed E-state index contributed by atoms with van der Waals surface area (Å²) in [5.41, 5.74) is 7.38. The average molecular weight is 252 g/mol. The maximum absolute atomic E-state index is 2.36. The summed E-state index contributed by atoms with van der Waals surface area (Å²) in [6.07, 6.45) is 8.72. The van der Waals surface area contributed by atoms with Crippen LogP contribution in [-0.2, 0) is 19.9 Å². The van der Waals surface area contributed by atoms with Gasteiger partial charge in [-0.1, -0.05) is 12.5 Å². The zero-order valence-corrected chi connectivity index (χ0v) is 11.9. The predicted molar refractivity (Wildman–Crippen MR) is 79.1 cm³/mol. The molecule has 0 spiro atoms. The van der Waals surface area contributed by atoms with Crippen molar-refractivity contribution in [1.82, 2.24) is 0 Å². The molecule has 19 heavy (non-hydrogen) atoms. The normalized spacial score (nSPS) is 14.8. The number of fused-ring (bicyclic) bond motifs is 1. The predicted octanol–water partition coefficient (Wildman–Crippen LogP) is 3.76. The van der Waals surface area contributed by atoms with Crippen LogP contribution in [0.15, 0.2) is 36.5 Å². The maximum atomic E-state index is 2.36. The summed E-state index contributed by atoms with van der Waals surface area (Å²) in [6.45, 7) is 2.30. The molecule has 0 N–H and O–H groups in total. The SMILES string of the molecule is Cc1c(-c2cccc[n+]2C)ccc2c1CCCCC2. The van der Waals surface area contributed by atoms with Gasteiger partial charge < -0.3 is 0 Å². The minimum Gasteiger partial charge on any atom is -0.201 e. The summed E-state index contributed by atoms with van der Waals surface area (Å²) in [7, 11) is 2.13. The third-order valence-electron chi connectivity index (χ3n) is 4.40. The lowest BCUT2D eigenvalue weighted by Crippen LogP contribution is -2.30. The van der Waals surface area contributed by atoms with Crippen LogP contribution in [0.3, 0.4) is 0 Å². The van der Waals surface area contributed by atoms with Gasteiger partial charge in [-0.2, -0.15) is 0 Å². The molecule has 0 atom stereocenters. The van der Waals surface area contributed by atoms with E-state index in [2.05, 4.69) is 55.1 Å². The summed E-state index contributed by atoms with van der Waals surface area (Å²) in [6, 6.07) is 11.1. The monoisotopic (exact) mass is 252 g/mol. The van der Waals surface area contributed by atoms with Gasteiger partial charge in [0.1, 0.15) is 7.05 Å². The fraction of sp³-hybridized carbons (Fsp3) is 0.389. The Labute approximate surface area is 115 Å². The first-order chi connectivity index (χ1) is 9.27. The number of aromatic nitrogens is 1. The van der Waals surface area contributed by atoms with Crippen LogP contribution in [0.4, 0.5) is 0 Å². The van der Waals surface area contributed by atoms with E-state index in [1.807, 2.05) is 0 Å². The van der Waals surface area contributed by atoms with Crippen molar-refractivity contribution in [3.8, 4) is 11.3 Å². The molecule has 0 saturated carbocycles. The third kappa shape index (κ3) is 2.30. The van der Waals surface area contributed by atoms with Gasteiger partial charge in [0.2, 0.25) is 5.69 Å². The smallest absolute Gasteiger partial charge is 0.201 e. The highest BCUT2D eigenvalue weighted by Gasteiger charge is 2.17. The number of rotatable bonds is 1. The van der Waals surface area contributed by atoms with Gasteiger partial charge in [-0.25, -0.2) is 4.57 Å². The fourth-order valence-corrected chi connectivity index (χ4v) is 3.27. The first-order valence-electron chi connectivity index (χ1n) is 7.34. The van der Waals surface area contributed by atoms with Crippen molar-refractivity contribution in [1.29, 1.82) is 0 Å². The molecule has 0 saturated heterocycles. The molecule has 1 heterocycles. The van der Waals surface area contributed by atoms with Crippen molar-refractivity contribution in [2.24, 2.45) is 7.05 Å². The van der Waals surface area contributed by atoms with E-state index >= 15 is 0 Å².